The number of rotatable bonds is 3. The van der Waals surface area contributed by atoms with Crippen molar-refractivity contribution in [3.8, 4) is 0 Å². The third kappa shape index (κ3) is 3.10. The number of halogens is 3. The van der Waals surface area contributed by atoms with Crippen LogP contribution in [0, 0.1) is 5.92 Å². The number of aliphatic hydroxyl groups is 1. The largest absolute Gasteiger partial charge is 0.437 e. The molecule has 132 valence electrons. The molecule has 2 amide bonds. The molecule has 5 nitrogen and oxygen atoms in total. The Balaban J connectivity index is 2.50. The zero-order chi connectivity index (χ0) is 18.3. The van der Waals surface area contributed by atoms with Crippen LogP contribution in [0.4, 0.5) is 18.0 Å². The summed E-state index contributed by atoms with van der Waals surface area (Å²) < 4.78 is 40.0. The van der Waals surface area contributed by atoms with Crippen LogP contribution >= 0.6 is 0 Å². The molecule has 1 heterocycles. The highest BCUT2D eigenvalue weighted by molar-refractivity contribution is 5.86. The molecule has 1 aliphatic rings. The summed E-state index contributed by atoms with van der Waals surface area (Å²) in [7, 11) is 0. The van der Waals surface area contributed by atoms with Crippen LogP contribution in [0.15, 0.2) is 24.3 Å². The van der Waals surface area contributed by atoms with E-state index in [0.29, 0.717) is 5.56 Å². The molecule has 0 aromatic heterocycles. The van der Waals surface area contributed by atoms with E-state index in [0.717, 1.165) is 12.5 Å². The lowest BCUT2D eigenvalue weighted by molar-refractivity contribution is -0.290. The van der Waals surface area contributed by atoms with Crippen LogP contribution in [0.5, 0.6) is 0 Å². The number of alkyl halides is 3. The summed E-state index contributed by atoms with van der Waals surface area (Å²) in [5, 5.41) is 13.8. The molecule has 0 saturated carbocycles. The Morgan fingerprint density at radius 3 is 2.21 bits per heavy atom. The molecule has 1 saturated heterocycles. The van der Waals surface area contributed by atoms with Crippen LogP contribution in [0.1, 0.15) is 43.9 Å². The van der Waals surface area contributed by atoms with Crippen LogP contribution < -0.4 is 10.6 Å². The van der Waals surface area contributed by atoms with E-state index in [9.17, 15) is 27.9 Å². The normalized spacial score (nSPS) is 27.6. The number of ketones is 1. The Hall–Kier alpha value is -2.09. The van der Waals surface area contributed by atoms with Gasteiger partial charge in [0.05, 0.1) is 12.0 Å². The van der Waals surface area contributed by atoms with Gasteiger partial charge in [-0.25, -0.2) is 4.79 Å². The van der Waals surface area contributed by atoms with Crippen LogP contribution in [0.25, 0.3) is 0 Å². The van der Waals surface area contributed by atoms with E-state index in [4.69, 9.17) is 0 Å². The van der Waals surface area contributed by atoms with Gasteiger partial charge in [0.2, 0.25) is 5.72 Å². The Bertz CT molecular complexity index is 643. The van der Waals surface area contributed by atoms with Gasteiger partial charge in [0.25, 0.3) is 0 Å². The predicted octanol–water partition coefficient (Wildman–Crippen LogP) is 2.62. The minimum atomic E-state index is -5.20. The molecule has 0 bridgehead atoms. The molecule has 3 atom stereocenters. The fraction of sp³-hybridized carbons (Fsp3) is 0.500. The van der Waals surface area contributed by atoms with Crippen molar-refractivity contribution < 1.29 is 27.9 Å². The lowest BCUT2D eigenvalue weighted by Crippen LogP contribution is -2.72. The van der Waals surface area contributed by atoms with Gasteiger partial charge in [-0.15, -0.1) is 0 Å². The summed E-state index contributed by atoms with van der Waals surface area (Å²) in [6.45, 7) is 4.88. The van der Waals surface area contributed by atoms with E-state index in [1.54, 1.807) is 24.3 Å². The summed E-state index contributed by atoms with van der Waals surface area (Å²) >= 11 is 0. The lowest BCUT2D eigenvalue weighted by Gasteiger charge is -2.44. The number of Topliss-reactive ketones (excluding diaryl/α,β-unsaturated/α-hetero) is 1. The van der Waals surface area contributed by atoms with Gasteiger partial charge in [-0.05, 0) is 24.0 Å². The van der Waals surface area contributed by atoms with Crippen molar-refractivity contribution in [2.24, 2.45) is 5.92 Å². The predicted molar refractivity (Wildman–Crippen MR) is 80.1 cm³/mol. The summed E-state index contributed by atoms with van der Waals surface area (Å²) in [5.41, 5.74) is -2.34. The zero-order valence-corrected chi connectivity index (χ0v) is 13.4. The maximum Gasteiger partial charge on any atom is 0.437 e. The van der Waals surface area contributed by atoms with Gasteiger partial charge in [0, 0.05) is 0 Å². The molecule has 2 rings (SSSR count). The number of urea groups is 1. The van der Waals surface area contributed by atoms with Gasteiger partial charge in [-0.1, -0.05) is 38.1 Å². The van der Waals surface area contributed by atoms with Crippen molar-refractivity contribution in [2.75, 3.05) is 0 Å². The molecule has 1 aliphatic heterocycles. The summed E-state index contributed by atoms with van der Waals surface area (Å²) in [6, 6.07) is 4.07. The number of benzene rings is 1. The van der Waals surface area contributed by atoms with Gasteiger partial charge in [-0.3, -0.25) is 4.79 Å². The molecule has 1 fully saturated rings. The van der Waals surface area contributed by atoms with Crippen molar-refractivity contribution in [1.82, 2.24) is 10.6 Å². The first-order valence-corrected chi connectivity index (χ1v) is 7.45. The van der Waals surface area contributed by atoms with E-state index in [-0.39, 0.29) is 5.92 Å². The first-order valence-electron chi connectivity index (χ1n) is 7.45. The van der Waals surface area contributed by atoms with Gasteiger partial charge in [-0.2, -0.15) is 13.2 Å². The highest BCUT2D eigenvalue weighted by Gasteiger charge is 2.65. The SMILES string of the molecule is CC(=O)[C@@H]1[C@H](c2ccc(C(C)C)cc2)NC(=O)N[C@@]1(O)C(F)(F)F. The highest BCUT2D eigenvalue weighted by atomic mass is 19.4. The fourth-order valence-corrected chi connectivity index (χ4v) is 2.89. The lowest BCUT2D eigenvalue weighted by atomic mass is 9.79. The number of hydrogen-bond donors (Lipinski definition) is 3. The average molecular weight is 344 g/mol. The first-order chi connectivity index (χ1) is 11.0. The second-order valence-electron chi connectivity index (χ2n) is 6.25. The maximum absolute atomic E-state index is 13.3. The molecule has 3 N–H and O–H groups in total. The smallest absolute Gasteiger partial charge is 0.363 e. The highest BCUT2D eigenvalue weighted by Crippen LogP contribution is 2.42. The Kier molecular flexibility index (Phi) is 4.63. The average Bonchev–Trinajstić information content (AvgIpc) is 2.44. The molecule has 24 heavy (non-hydrogen) atoms. The van der Waals surface area contributed by atoms with Crippen molar-refractivity contribution >= 4 is 11.8 Å². The number of carbonyl (C=O) groups excluding carboxylic acids is 2. The second kappa shape index (κ2) is 6.08. The van der Waals surface area contributed by atoms with Gasteiger partial charge >= 0.3 is 12.2 Å². The fourth-order valence-electron chi connectivity index (χ4n) is 2.89. The number of carbonyl (C=O) groups is 2. The third-order valence-corrected chi connectivity index (χ3v) is 4.21. The summed E-state index contributed by atoms with van der Waals surface area (Å²) in [4.78, 5) is 23.5. The zero-order valence-electron chi connectivity index (χ0n) is 13.4. The van der Waals surface area contributed by atoms with Crippen molar-refractivity contribution in [3.63, 3.8) is 0 Å². The van der Waals surface area contributed by atoms with E-state index in [1.807, 2.05) is 13.8 Å². The minimum Gasteiger partial charge on any atom is -0.363 e. The molecule has 1 aromatic carbocycles. The number of hydrogen-bond acceptors (Lipinski definition) is 3. The standard InChI is InChI=1S/C16H19F3N2O3/c1-8(2)10-4-6-11(7-5-10)13-12(9(3)22)15(24,16(17,18)19)21-14(23)20-13/h4-8,12-13,24H,1-3H3,(H2,20,21,23)/t12-,13+,15+/m1/s1. The van der Waals surface area contributed by atoms with Gasteiger partial charge in [0.1, 0.15) is 5.78 Å². The van der Waals surface area contributed by atoms with Gasteiger partial charge < -0.3 is 15.7 Å². The molecule has 0 spiro atoms. The van der Waals surface area contributed by atoms with Crippen molar-refractivity contribution in [3.05, 3.63) is 35.4 Å². The first kappa shape index (κ1) is 18.3. The molecule has 0 radical (unpaired) electrons. The summed E-state index contributed by atoms with van der Waals surface area (Å²) in [5.74, 6) is -2.57. The van der Waals surface area contributed by atoms with E-state index in [1.165, 1.54) is 5.32 Å². The van der Waals surface area contributed by atoms with Crippen LogP contribution in [-0.4, -0.2) is 28.8 Å². The molecular weight excluding hydrogens is 325 g/mol. The summed E-state index contributed by atoms with van der Waals surface area (Å²) in [6.07, 6.45) is -5.20. The second-order valence-corrected chi connectivity index (χ2v) is 6.25. The Morgan fingerprint density at radius 2 is 1.79 bits per heavy atom. The van der Waals surface area contributed by atoms with Crippen LogP contribution in [-0.2, 0) is 4.79 Å². The maximum atomic E-state index is 13.3. The topological polar surface area (TPSA) is 78.4 Å². The Morgan fingerprint density at radius 1 is 1.25 bits per heavy atom. The van der Waals surface area contributed by atoms with Crippen molar-refractivity contribution in [2.45, 2.75) is 44.6 Å². The van der Waals surface area contributed by atoms with Crippen LogP contribution in [0.3, 0.4) is 0 Å². The van der Waals surface area contributed by atoms with Crippen LogP contribution in [0.2, 0.25) is 0 Å². The van der Waals surface area contributed by atoms with Gasteiger partial charge in [0.15, 0.2) is 0 Å². The van der Waals surface area contributed by atoms with E-state index < -0.39 is 35.7 Å². The molecule has 0 unspecified atom stereocenters. The monoisotopic (exact) mass is 344 g/mol. The molecular formula is C16H19F3N2O3. The number of amides is 2. The van der Waals surface area contributed by atoms with E-state index in [2.05, 4.69) is 5.32 Å². The third-order valence-electron chi connectivity index (χ3n) is 4.21. The Labute approximate surface area is 137 Å². The minimum absolute atomic E-state index is 0.220. The molecule has 1 aromatic rings. The molecule has 8 heteroatoms. The van der Waals surface area contributed by atoms with Crippen molar-refractivity contribution in [1.29, 1.82) is 0 Å². The molecule has 0 aliphatic carbocycles. The number of nitrogens with one attached hydrogen (secondary N) is 2. The van der Waals surface area contributed by atoms with E-state index >= 15 is 0 Å². The quantitative estimate of drug-likeness (QED) is 0.789.